The third-order valence-corrected chi connectivity index (χ3v) is 2.81. The molecule has 0 aliphatic carbocycles. The summed E-state index contributed by atoms with van der Waals surface area (Å²) < 4.78 is 0. The van der Waals surface area contributed by atoms with Gasteiger partial charge in [-0.25, -0.2) is 9.78 Å². The van der Waals surface area contributed by atoms with Crippen LogP contribution >= 0.6 is 0 Å². The first-order valence-electron chi connectivity index (χ1n) is 5.98. The van der Waals surface area contributed by atoms with Crippen molar-refractivity contribution in [3.8, 4) is 0 Å². The third-order valence-electron chi connectivity index (χ3n) is 2.81. The van der Waals surface area contributed by atoms with E-state index >= 15 is 0 Å². The molecule has 7 heteroatoms. The van der Waals surface area contributed by atoms with Crippen molar-refractivity contribution in [1.29, 1.82) is 0 Å². The zero-order chi connectivity index (χ0) is 14.6. The minimum absolute atomic E-state index is 0.137. The van der Waals surface area contributed by atoms with E-state index in [0.29, 0.717) is 5.69 Å². The minimum atomic E-state index is -1.11. The predicted octanol–water partition coefficient (Wildman–Crippen LogP) is -0.105. The van der Waals surface area contributed by atoms with Gasteiger partial charge in [0.2, 0.25) is 5.91 Å². The zero-order valence-corrected chi connectivity index (χ0v) is 11.3. The molecule has 1 aromatic rings. The SMILES string of the molecule is CC(C)(C)[C@@H](N)C(=O)NC(Cc1cnc[nH]1)C(=O)O. The lowest BCUT2D eigenvalue weighted by atomic mass is 9.87. The van der Waals surface area contributed by atoms with E-state index in [0.717, 1.165) is 0 Å². The first kappa shape index (κ1) is 15.2. The monoisotopic (exact) mass is 268 g/mol. The topological polar surface area (TPSA) is 121 Å². The molecule has 1 heterocycles. The molecule has 0 radical (unpaired) electrons. The van der Waals surface area contributed by atoms with Gasteiger partial charge < -0.3 is 21.1 Å². The Bertz CT molecular complexity index is 436. The number of aliphatic carboxylic acids is 1. The molecule has 7 nitrogen and oxygen atoms in total. The number of imidazole rings is 1. The lowest BCUT2D eigenvalue weighted by Gasteiger charge is -2.27. The summed E-state index contributed by atoms with van der Waals surface area (Å²) in [5.74, 6) is -1.58. The van der Waals surface area contributed by atoms with E-state index in [2.05, 4.69) is 15.3 Å². The molecule has 1 aromatic heterocycles. The van der Waals surface area contributed by atoms with Gasteiger partial charge in [0.1, 0.15) is 6.04 Å². The van der Waals surface area contributed by atoms with Crippen LogP contribution in [0.4, 0.5) is 0 Å². The number of amides is 1. The number of rotatable bonds is 5. The van der Waals surface area contributed by atoms with Crippen molar-refractivity contribution in [1.82, 2.24) is 15.3 Å². The van der Waals surface area contributed by atoms with Crippen molar-refractivity contribution in [3.05, 3.63) is 18.2 Å². The van der Waals surface area contributed by atoms with E-state index < -0.39 is 29.4 Å². The second-order valence-electron chi connectivity index (χ2n) is 5.52. The lowest BCUT2D eigenvalue weighted by Crippen LogP contribution is -2.53. The minimum Gasteiger partial charge on any atom is -0.480 e. The number of nitrogens with one attached hydrogen (secondary N) is 2. The van der Waals surface area contributed by atoms with Crippen LogP contribution in [0.15, 0.2) is 12.5 Å². The fourth-order valence-electron chi connectivity index (χ4n) is 1.47. The average molecular weight is 268 g/mol. The van der Waals surface area contributed by atoms with Crippen molar-refractivity contribution in [3.63, 3.8) is 0 Å². The number of hydrogen-bond donors (Lipinski definition) is 4. The van der Waals surface area contributed by atoms with Crippen LogP contribution in [0.1, 0.15) is 26.5 Å². The zero-order valence-electron chi connectivity index (χ0n) is 11.3. The number of hydrogen-bond acceptors (Lipinski definition) is 4. The van der Waals surface area contributed by atoms with Crippen LogP contribution < -0.4 is 11.1 Å². The molecule has 0 bridgehead atoms. The highest BCUT2D eigenvalue weighted by molar-refractivity contribution is 5.87. The van der Waals surface area contributed by atoms with E-state index in [-0.39, 0.29) is 6.42 Å². The molecule has 0 fully saturated rings. The fraction of sp³-hybridized carbons (Fsp3) is 0.583. The normalized spacial score (nSPS) is 14.7. The number of nitrogens with zero attached hydrogens (tertiary/aromatic N) is 1. The quantitative estimate of drug-likeness (QED) is 0.594. The molecule has 19 heavy (non-hydrogen) atoms. The van der Waals surface area contributed by atoms with Gasteiger partial charge in [0.05, 0.1) is 12.4 Å². The molecular formula is C12H20N4O3. The number of carbonyl (C=O) groups is 2. The first-order chi connectivity index (χ1) is 8.71. The van der Waals surface area contributed by atoms with E-state index in [1.165, 1.54) is 12.5 Å². The standard InChI is InChI=1S/C12H20N4O3/c1-12(2,3)9(13)10(17)16-8(11(18)19)4-7-5-14-6-15-7/h5-6,8-9H,4,13H2,1-3H3,(H,14,15)(H,16,17)(H,18,19)/t8?,9-/m0/s1. The van der Waals surface area contributed by atoms with Crippen molar-refractivity contribution in [2.24, 2.45) is 11.1 Å². The third kappa shape index (κ3) is 4.36. The Morgan fingerprint density at radius 3 is 2.58 bits per heavy atom. The van der Waals surface area contributed by atoms with Gasteiger partial charge in [-0.05, 0) is 5.41 Å². The Morgan fingerprint density at radius 2 is 2.16 bits per heavy atom. The van der Waals surface area contributed by atoms with Crippen molar-refractivity contribution < 1.29 is 14.7 Å². The molecular weight excluding hydrogens is 248 g/mol. The Labute approximate surface area is 111 Å². The van der Waals surface area contributed by atoms with Gasteiger partial charge in [-0.3, -0.25) is 4.79 Å². The van der Waals surface area contributed by atoms with Crippen molar-refractivity contribution in [2.75, 3.05) is 0 Å². The molecule has 106 valence electrons. The van der Waals surface area contributed by atoms with Gasteiger partial charge in [0, 0.05) is 18.3 Å². The average Bonchev–Trinajstić information content (AvgIpc) is 2.78. The Balaban J connectivity index is 2.69. The molecule has 1 unspecified atom stereocenters. The Hall–Kier alpha value is -1.89. The van der Waals surface area contributed by atoms with E-state index in [1.54, 1.807) is 0 Å². The number of carbonyl (C=O) groups excluding carboxylic acids is 1. The molecule has 1 rings (SSSR count). The molecule has 0 aliphatic rings. The van der Waals surface area contributed by atoms with Crippen LogP contribution in [0, 0.1) is 5.41 Å². The lowest BCUT2D eigenvalue weighted by molar-refractivity contribution is -0.142. The molecule has 0 spiro atoms. The summed E-state index contributed by atoms with van der Waals surface area (Å²) in [5.41, 5.74) is 6.00. The van der Waals surface area contributed by atoms with Crippen LogP contribution in [0.25, 0.3) is 0 Å². The second kappa shape index (κ2) is 5.83. The van der Waals surface area contributed by atoms with Gasteiger partial charge in [0.25, 0.3) is 0 Å². The number of aromatic nitrogens is 2. The van der Waals surface area contributed by atoms with Crippen LogP contribution in [0.3, 0.4) is 0 Å². The van der Waals surface area contributed by atoms with Crippen molar-refractivity contribution >= 4 is 11.9 Å². The summed E-state index contributed by atoms with van der Waals surface area (Å²) in [6.45, 7) is 5.46. The maximum Gasteiger partial charge on any atom is 0.326 e. The van der Waals surface area contributed by atoms with Crippen LogP contribution in [0.5, 0.6) is 0 Å². The largest absolute Gasteiger partial charge is 0.480 e. The number of carboxylic acids is 1. The second-order valence-corrected chi connectivity index (χ2v) is 5.52. The van der Waals surface area contributed by atoms with Gasteiger partial charge in [-0.15, -0.1) is 0 Å². The number of aromatic amines is 1. The summed E-state index contributed by atoms with van der Waals surface area (Å²) in [5, 5.41) is 11.6. The smallest absolute Gasteiger partial charge is 0.326 e. The first-order valence-corrected chi connectivity index (χ1v) is 5.98. The maximum atomic E-state index is 11.9. The van der Waals surface area contributed by atoms with Crippen LogP contribution in [0.2, 0.25) is 0 Å². The molecule has 5 N–H and O–H groups in total. The van der Waals surface area contributed by atoms with E-state index in [1.807, 2.05) is 20.8 Å². The van der Waals surface area contributed by atoms with Gasteiger partial charge in [-0.1, -0.05) is 20.8 Å². The van der Waals surface area contributed by atoms with Crippen LogP contribution in [-0.2, 0) is 16.0 Å². The highest BCUT2D eigenvalue weighted by Gasteiger charge is 2.30. The van der Waals surface area contributed by atoms with Crippen molar-refractivity contribution in [2.45, 2.75) is 39.3 Å². The molecule has 2 atom stereocenters. The molecule has 1 amide bonds. The summed E-state index contributed by atoms with van der Waals surface area (Å²) in [7, 11) is 0. The number of carboxylic acid groups (broad SMARTS) is 1. The number of H-pyrrole nitrogens is 1. The highest BCUT2D eigenvalue weighted by Crippen LogP contribution is 2.17. The summed E-state index contributed by atoms with van der Waals surface area (Å²) in [6, 6.07) is -1.79. The Kier molecular flexibility index (Phi) is 4.66. The van der Waals surface area contributed by atoms with E-state index in [4.69, 9.17) is 10.8 Å². The molecule has 0 saturated carbocycles. The van der Waals surface area contributed by atoms with E-state index in [9.17, 15) is 9.59 Å². The maximum absolute atomic E-state index is 11.9. The summed E-state index contributed by atoms with van der Waals surface area (Å²) in [6.07, 6.45) is 3.11. The predicted molar refractivity (Wildman–Crippen MR) is 69.3 cm³/mol. The van der Waals surface area contributed by atoms with Gasteiger partial charge in [-0.2, -0.15) is 0 Å². The van der Waals surface area contributed by atoms with Crippen LogP contribution in [-0.4, -0.2) is 39.0 Å². The number of nitrogens with two attached hydrogens (primary N) is 1. The fourth-order valence-corrected chi connectivity index (χ4v) is 1.47. The van der Waals surface area contributed by atoms with Gasteiger partial charge in [0.15, 0.2) is 0 Å². The Morgan fingerprint density at radius 1 is 1.53 bits per heavy atom. The van der Waals surface area contributed by atoms with Gasteiger partial charge >= 0.3 is 5.97 Å². The molecule has 0 aliphatic heterocycles. The molecule has 0 aromatic carbocycles. The summed E-state index contributed by atoms with van der Waals surface area (Å²) >= 11 is 0. The highest BCUT2D eigenvalue weighted by atomic mass is 16.4. The summed E-state index contributed by atoms with van der Waals surface area (Å²) in [4.78, 5) is 29.7. The molecule has 0 saturated heterocycles.